The molecule has 0 aliphatic carbocycles. The first-order valence-electron chi connectivity index (χ1n) is 17.9. The molecule has 21 nitrogen and oxygen atoms in total. The Balaban J connectivity index is 1.03. The number of nitro groups is 1. The van der Waals surface area contributed by atoms with Gasteiger partial charge in [0.1, 0.15) is 17.6 Å². The molecule has 0 spiro atoms. The fourth-order valence-corrected chi connectivity index (χ4v) is 5.14. The smallest absolute Gasteiger partial charge is 0.326 e. The number of nitrogens with zero attached hydrogens (tertiary/aromatic N) is 4. The maximum Gasteiger partial charge on any atom is 0.326 e. The minimum absolute atomic E-state index is 0.0204. The van der Waals surface area contributed by atoms with Gasteiger partial charge in [0.2, 0.25) is 11.9 Å². The van der Waals surface area contributed by atoms with Gasteiger partial charge in [-0.3, -0.25) is 39.1 Å². The number of carboxylic acid groups (broad SMARTS) is 1. The third-order valence-corrected chi connectivity index (χ3v) is 8.16. The van der Waals surface area contributed by atoms with Gasteiger partial charge in [-0.2, -0.15) is 4.98 Å². The second-order valence-electron chi connectivity index (χ2n) is 12.5. The number of fused-ring (bicyclic) bond motifs is 1. The molecule has 0 bridgehead atoms. The number of nitrogens with two attached hydrogens (primary N) is 1. The molecule has 2 aromatic heterocycles. The van der Waals surface area contributed by atoms with Crippen LogP contribution in [-0.4, -0.2) is 105 Å². The molecule has 0 saturated heterocycles. The Labute approximate surface area is 328 Å². The number of aliphatic carboxylic acids is 1. The van der Waals surface area contributed by atoms with Crippen LogP contribution in [0.1, 0.15) is 58.5 Å². The maximum absolute atomic E-state index is 13.8. The maximum atomic E-state index is 13.8. The van der Waals surface area contributed by atoms with Crippen molar-refractivity contribution in [1.82, 2.24) is 35.9 Å². The third-order valence-electron chi connectivity index (χ3n) is 8.16. The fourth-order valence-electron chi connectivity index (χ4n) is 5.14. The summed E-state index contributed by atoms with van der Waals surface area (Å²) in [6, 6.07) is 7.53. The van der Waals surface area contributed by atoms with E-state index in [0.29, 0.717) is 17.8 Å². The molecule has 1 unspecified atom stereocenters. The standard InChI is InChI=1S/C36H41FN10O11/c37-27-9-7-24(47(55)56)18-26(27)33(51)40-13-15-58-17-16-57-14-11-29(49)39-12-1-2-25(48)8-10-28(35(53)54)44-32(50)21-3-5-22(6-4-21)41-19-23-20-42-31-30(43-23)34(52)46-36(38)45-31/h3-7,9,18,20,28,41H,1-2,8,10-17,19H2,(H,39,49)(H,40,51)(H,44,50)(H,53,54)(H3,38,42,45,46,52). The molecule has 2 aromatic carbocycles. The highest BCUT2D eigenvalue weighted by atomic mass is 19.1. The van der Waals surface area contributed by atoms with Crippen LogP contribution in [0.15, 0.2) is 53.5 Å². The van der Waals surface area contributed by atoms with Crippen molar-refractivity contribution < 1.29 is 47.9 Å². The zero-order valence-electron chi connectivity index (χ0n) is 31.0. The van der Waals surface area contributed by atoms with E-state index in [4.69, 9.17) is 15.2 Å². The van der Waals surface area contributed by atoms with E-state index in [2.05, 4.69) is 41.2 Å². The molecule has 2 heterocycles. The van der Waals surface area contributed by atoms with E-state index < -0.39 is 51.4 Å². The van der Waals surface area contributed by atoms with Crippen LogP contribution in [0.4, 0.5) is 21.7 Å². The molecular formula is C36H41FN10O11. The number of hydrogen-bond acceptors (Lipinski definition) is 15. The van der Waals surface area contributed by atoms with E-state index in [-0.39, 0.29) is 106 Å². The fraction of sp³-hybridized carbons (Fsp3) is 0.361. The summed E-state index contributed by atoms with van der Waals surface area (Å²) in [4.78, 5) is 97.9. The normalized spacial score (nSPS) is 11.4. The summed E-state index contributed by atoms with van der Waals surface area (Å²) in [6.07, 6.45) is 1.69. The first-order valence-corrected chi connectivity index (χ1v) is 17.9. The molecule has 0 saturated carbocycles. The number of aromatic amines is 1. The molecule has 0 aliphatic heterocycles. The summed E-state index contributed by atoms with van der Waals surface area (Å²) in [5.41, 5.74) is 5.53. The quantitative estimate of drug-likeness (QED) is 0.0297. The number of nitro benzene ring substituents is 1. The summed E-state index contributed by atoms with van der Waals surface area (Å²) in [6.45, 7) is 0.901. The largest absolute Gasteiger partial charge is 0.480 e. The Morgan fingerprint density at radius 1 is 0.931 bits per heavy atom. The number of benzene rings is 2. The number of anilines is 2. The number of halogens is 1. The van der Waals surface area contributed by atoms with E-state index in [0.717, 1.165) is 18.2 Å². The van der Waals surface area contributed by atoms with Gasteiger partial charge in [-0.15, -0.1) is 0 Å². The summed E-state index contributed by atoms with van der Waals surface area (Å²) >= 11 is 0. The molecular weight excluding hydrogens is 767 g/mol. The van der Waals surface area contributed by atoms with Crippen molar-refractivity contribution in [3.05, 3.63) is 91.8 Å². The predicted molar refractivity (Wildman–Crippen MR) is 203 cm³/mol. The van der Waals surface area contributed by atoms with Crippen molar-refractivity contribution in [3.63, 3.8) is 0 Å². The van der Waals surface area contributed by atoms with Crippen LogP contribution in [0.2, 0.25) is 0 Å². The lowest BCUT2D eigenvalue weighted by Gasteiger charge is -2.14. The molecule has 22 heteroatoms. The highest BCUT2D eigenvalue weighted by Gasteiger charge is 2.22. The van der Waals surface area contributed by atoms with Crippen LogP contribution in [-0.2, 0) is 30.4 Å². The van der Waals surface area contributed by atoms with Crippen molar-refractivity contribution >= 4 is 58.0 Å². The van der Waals surface area contributed by atoms with Gasteiger partial charge in [-0.1, -0.05) is 0 Å². The first kappa shape index (κ1) is 43.8. The molecule has 3 amide bonds. The first-order chi connectivity index (χ1) is 27.8. The van der Waals surface area contributed by atoms with Gasteiger partial charge >= 0.3 is 5.97 Å². The number of aromatic nitrogens is 4. The highest BCUT2D eigenvalue weighted by Crippen LogP contribution is 2.17. The number of carbonyl (C=O) groups excluding carboxylic acids is 4. The van der Waals surface area contributed by atoms with Crippen molar-refractivity contribution in [3.8, 4) is 0 Å². The van der Waals surface area contributed by atoms with Crippen LogP contribution in [0.25, 0.3) is 11.2 Å². The van der Waals surface area contributed by atoms with Crippen molar-refractivity contribution in [2.24, 2.45) is 0 Å². The van der Waals surface area contributed by atoms with Crippen LogP contribution >= 0.6 is 0 Å². The molecule has 0 aliphatic rings. The number of carboxylic acids is 1. The highest BCUT2D eigenvalue weighted by molar-refractivity contribution is 5.97. The average Bonchev–Trinajstić information content (AvgIpc) is 3.19. The van der Waals surface area contributed by atoms with Crippen LogP contribution in [0, 0.1) is 15.9 Å². The topological polar surface area (TPSA) is 313 Å². The van der Waals surface area contributed by atoms with E-state index in [1.165, 1.54) is 18.3 Å². The number of Topliss-reactive ketones (excluding diaryl/α,β-unsaturated/α-hetero) is 1. The number of ether oxygens (including phenoxy) is 2. The second-order valence-corrected chi connectivity index (χ2v) is 12.5. The number of hydrogen-bond donors (Lipinski definition) is 7. The van der Waals surface area contributed by atoms with Crippen molar-refractivity contribution in [1.29, 1.82) is 0 Å². The Kier molecular flexibility index (Phi) is 16.6. The van der Waals surface area contributed by atoms with Gasteiger partial charge < -0.3 is 41.6 Å². The Hall–Kier alpha value is -6.94. The number of ketones is 1. The monoisotopic (exact) mass is 808 g/mol. The zero-order chi connectivity index (χ0) is 42.0. The van der Waals surface area contributed by atoms with Crippen molar-refractivity contribution in [2.45, 2.75) is 44.7 Å². The number of rotatable bonds is 24. The lowest BCUT2D eigenvalue weighted by atomic mass is 10.1. The second kappa shape index (κ2) is 22.0. The number of H-pyrrole nitrogens is 1. The lowest BCUT2D eigenvalue weighted by Crippen LogP contribution is -2.41. The summed E-state index contributed by atoms with van der Waals surface area (Å²) in [7, 11) is 0. The molecule has 308 valence electrons. The zero-order valence-corrected chi connectivity index (χ0v) is 31.0. The predicted octanol–water partition coefficient (Wildman–Crippen LogP) is 1.24. The molecule has 1 atom stereocenters. The minimum atomic E-state index is -1.31. The third kappa shape index (κ3) is 14.0. The van der Waals surface area contributed by atoms with Crippen LogP contribution < -0.4 is 32.6 Å². The van der Waals surface area contributed by atoms with E-state index in [1.807, 2.05) is 0 Å². The lowest BCUT2D eigenvalue weighted by molar-refractivity contribution is -0.384. The molecule has 0 radical (unpaired) electrons. The average molecular weight is 809 g/mol. The van der Waals surface area contributed by atoms with Gasteiger partial charge in [-0.05, 0) is 43.2 Å². The SMILES string of the molecule is Nc1nc2ncc(CNc3ccc(C(=O)NC(CCC(=O)CCCNC(=O)CCOCCOCCNC(=O)c4cc([N+](=O)[O-])ccc4F)C(=O)O)cc3)nc2c(=O)[nH]1. The summed E-state index contributed by atoms with van der Waals surface area (Å²) in [5, 5.41) is 31.1. The molecule has 4 rings (SSSR count). The van der Waals surface area contributed by atoms with Gasteiger partial charge in [0.05, 0.1) is 55.3 Å². The number of amides is 3. The molecule has 4 aromatic rings. The van der Waals surface area contributed by atoms with E-state index >= 15 is 0 Å². The molecule has 8 N–H and O–H groups in total. The summed E-state index contributed by atoms with van der Waals surface area (Å²) < 4.78 is 24.5. The van der Waals surface area contributed by atoms with Gasteiger partial charge in [0, 0.05) is 55.7 Å². The number of non-ortho nitro benzene ring substituents is 1. The van der Waals surface area contributed by atoms with Crippen LogP contribution in [0.5, 0.6) is 0 Å². The number of carbonyl (C=O) groups is 5. The Bertz CT molecular complexity index is 2170. The Morgan fingerprint density at radius 3 is 2.40 bits per heavy atom. The molecule has 0 fully saturated rings. The van der Waals surface area contributed by atoms with Gasteiger partial charge in [0.25, 0.3) is 23.1 Å². The number of nitrogen functional groups attached to an aromatic ring is 1. The van der Waals surface area contributed by atoms with Gasteiger partial charge in [-0.25, -0.2) is 19.2 Å². The molecule has 58 heavy (non-hydrogen) atoms. The Morgan fingerprint density at radius 2 is 1.67 bits per heavy atom. The minimum Gasteiger partial charge on any atom is -0.480 e. The van der Waals surface area contributed by atoms with Crippen molar-refractivity contribution in [2.75, 3.05) is 50.6 Å². The van der Waals surface area contributed by atoms with E-state index in [1.54, 1.807) is 12.1 Å². The van der Waals surface area contributed by atoms with Gasteiger partial charge in [0.15, 0.2) is 11.2 Å². The number of nitrogens with one attached hydrogen (secondary N) is 5. The van der Waals surface area contributed by atoms with Crippen LogP contribution in [0.3, 0.4) is 0 Å². The van der Waals surface area contributed by atoms with E-state index in [9.17, 15) is 48.4 Å². The summed E-state index contributed by atoms with van der Waals surface area (Å²) in [5.74, 6) is -4.26.